The number of hydrogen-bond acceptors (Lipinski definition) is 1. The van der Waals surface area contributed by atoms with Gasteiger partial charge in [0.2, 0.25) is 0 Å². The highest BCUT2D eigenvalue weighted by atomic mass is 16.5. The van der Waals surface area contributed by atoms with Crippen LogP contribution in [0.25, 0.3) is 0 Å². The number of allylic oxidation sites excluding steroid dienone is 2. The third-order valence-corrected chi connectivity index (χ3v) is 2.36. The Morgan fingerprint density at radius 2 is 2.30 bits per heavy atom. The van der Waals surface area contributed by atoms with Gasteiger partial charge >= 0.3 is 0 Å². The molecule has 2 rings (SSSR count). The maximum absolute atomic E-state index is 5.42. The van der Waals surface area contributed by atoms with Gasteiger partial charge in [-0.2, -0.15) is 0 Å². The van der Waals surface area contributed by atoms with Gasteiger partial charge in [-0.15, -0.1) is 0 Å². The van der Waals surface area contributed by atoms with Crippen LogP contribution in [0.2, 0.25) is 0 Å². The van der Waals surface area contributed by atoms with Crippen molar-refractivity contribution in [2.75, 3.05) is 0 Å². The van der Waals surface area contributed by atoms with E-state index in [1.54, 1.807) is 0 Å². The second-order valence-corrected chi connectivity index (χ2v) is 3.10. The molecule has 1 heterocycles. The van der Waals surface area contributed by atoms with Crippen LogP contribution in [0.1, 0.15) is 32.1 Å². The first-order valence-electron chi connectivity index (χ1n) is 4.15. The van der Waals surface area contributed by atoms with Crippen molar-refractivity contribution in [2.45, 2.75) is 32.1 Å². The second kappa shape index (κ2) is 2.65. The third-order valence-electron chi connectivity index (χ3n) is 2.36. The SMILES string of the molecule is [CH]1CCC2CCCC=C2O1. The summed E-state index contributed by atoms with van der Waals surface area (Å²) in [7, 11) is 0. The normalized spacial score (nSPS) is 32.0. The zero-order valence-corrected chi connectivity index (χ0v) is 6.18. The van der Waals surface area contributed by atoms with Crippen molar-refractivity contribution in [1.82, 2.24) is 0 Å². The molecule has 2 aliphatic rings. The third kappa shape index (κ3) is 1.05. The molecule has 1 fully saturated rings. The van der Waals surface area contributed by atoms with Crippen LogP contribution in [0.4, 0.5) is 0 Å². The van der Waals surface area contributed by atoms with Crippen LogP contribution < -0.4 is 0 Å². The molecule has 0 aromatic rings. The maximum Gasteiger partial charge on any atom is 0.135 e. The van der Waals surface area contributed by atoms with Gasteiger partial charge in [-0.3, -0.25) is 0 Å². The van der Waals surface area contributed by atoms with E-state index in [1.807, 2.05) is 6.61 Å². The summed E-state index contributed by atoms with van der Waals surface area (Å²) in [6, 6.07) is 0. The van der Waals surface area contributed by atoms with Crippen molar-refractivity contribution in [3.63, 3.8) is 0 Å². The molecule has 1 atom stereocenters. The molecule has 1 aliphatic carbocycles. The molecule has 1 unspecified atom stereocenters. The number of hydrogen-bond donors (Lipinski definition) is 0. The standard InChI is InChI=1S/C9H13O/c1-2-6-9-8(4-1)5-3-7-10-9/h6-8H,1-5H2. The van der Waals surface area contributed by atoms with E-state index in [-0.39, 0.29) is 0 Å². The minimum Gasteiger partial charge on any atom is -0.491 e. The highest BCUT2D eigenvalue weighted by Gasteiger charge is 2.22. The second-order valence-electron chi connectivity index (χ2n) is 3.10. The molecule has 10 heavy (non-hydrogen) atoms. The van der Waals surface area contributed by atoms with Gasteiger partial charge < -0.3 is 4.74 Å². The molecule has 1 heteroatoms. The molecule has 0 N–H and O–H groups in total. The number of rotatable bonds is 0. The molecule has 0 aromatic heterocycles. The van der Waals surface area contributed by atoms with Gasteiger partial charge in [0.25, 0.3) is 0 Å². The summed E-state index contributed by atoms with van der Waals surface area (Å²) in [6.07, 6.45) is 8.63. The minimum absolute atomic E-state index is 0.763. The molecule has 1 radical (unpaired) electrons. The topological polar surface area (TPSA) is 9.23 Å². The Hall–Kier alpha value is -0.460. The van der Waals surface area contributed by atoms with Crippen LogP contribution in [0.15, 0.2) is 11.8 Å². The number of fused-ring (bicyclic) bond motifs is 1. The first-order chi connectivity index (χ1) is 4.97. The van der Waals surface area contributed by atoms with Crippen LogP contribution in [0, 0.1) is 12.5 Å². The Morgan fingerprint density at radius 3 is 3.20 bits per heavy atom. The van der Waals surface area contributed by atoms with E-state index in [2.05, 4.69) is 6.08 Å². The Bertz CT molecular complexity index is 149. The quantitative estimate of drug-likeness (QED) is 0.498. The van der Waals surface area contributed by atoms with Gasteiger partial charge in [0.05, 0.1) is 5.76 Å². The van der Waals surface area contributed by atoms with Gasteiger partial charge in [0, 0.05) is 5.92 Å². The molecule has 1 aliphatic heterocycles. The predicted molar refractivity (Wildman–Crippen MR) is 40.0 cm³/mol. The van der Waals surface area contributed by atoms with E-state index >= 15 is 0 Å². The fourth-order valence-electron chi connectivity index (χ4n) is 1.77. The zero-order chi connectivity index (χ0) is 6.81. The largest absolute Gasteiger partial charge is 0.491 e. The van der Waals surface area contributed by atoms with Gasteiger partial charge in [-0.05, 0) is 38.2 Å². The summed E-state index contributed by atoms with van der Waals surface area (Å²) in [4.78, 5) is 0. The monoisotopic (exact) mass is 137 g/mol. The summed E-state index contributed by atoms with van der Waals surface area (Å²) in [6.45, 7) is 1.94. The van der Waals surface area contributed by atoms with Crippen LogP contribution in [0.5, 0.6) is 0 Å². The van der Waals surface area contributed by atoms with E-state index in [4.69, 9.17) is 4.74 Å². The van der Waals surface area contributed by atoms with Gasteiger partial charge in [0.15, 0.2) is 0 Å². The molecule has 0 amide bonds. The molecule has 1 saturated heterocycles. The van der Waals surface area contributed by atoms with E-state index in [1.165, 1.54) is 31.4 Å². The highest BCUT2D eigenvalue weighted by Crippen LogP contribution is 2.33. The lowest BCUT2D eigenvalue weighted by Crippen LogP contribution is -2.15. The highest BCUT2D eigenvalue weighted by molar-refractivity contribution is 5.05. The Labute approximate surface area is 62.1 Å². The van der Waals surface area contributed by atoms with E-state index < -0.39 is 0 Å². The summed E-state index contributed by atoms with van der Waals surface area (Å²) in [5, 5.41) is 0. The average Bonchev–Trinajstić information content (AvgIpc) is 2.05. The van der Waals surface area contributed by atoms with E-state index in [0.717, 1.165) is 12.3 Å². The maximum atomic E-state index is 5.42. The average molecular weight is 137 g/mol. The van der Waals surface area contributed by atoms with Crippen molar-refractivity contribution < 1.29 is 4.74 Å². The summed E-state index contributed by atoms with van der Waals surface area (Å²) < 4.78 is 5.42. The van der Waals surface area contributed by atoms with Crippen molar-refractivity contribution >= 4 is 0 Å². The summed E-state index contributed by atoms with van der Waals surface area (Å²) in [5.41, 5.74) is 0. The molecule has 55 valence electrons. The van der Waals surface area contributed by atoms with Crippen molar-refractivity contribution in [1.29, 1.82) is 0 Å². The van der Waals surface area contributed by atoms with Crippen LogP contribution in [-0.4, -0.2) is 0 Å². The zero-order valence-electron chi connectivity index (χ0n) is 6.18. The molecular formula is C9H13O. The van der Waals surface area contributed by atoms with Crippen LogP contribution in [0.3, 0.4) is 0 Å². The lowest BCUT2D eigenvalue weighted by atomic mass is 9.88. The van der Waals surface area contributed by atoms with Gasteiger partial charge in [-0.25, -0.2) is 0 Å². The molecule has 0 aromatic carbocycles. The minimum atomic E-state index is 0.763. The van der Waals surface area contributed by atoms with Gasteiger partial charge in [-0.1, -0.05) is 0 Å². The van der Waals surface area contributed by atoms with Crippen LogP contribution in [-0.2, 0) is 4.74 Å². The first kappa shape index (κ1) is 6.26. The lowest BCUT2D eigenvalue weighted by molar-refractivity contribution is 0.170. The number of ether oxygens (including phenoxy) is 1. The summed E-state index contributed by atoms with van der Waals surface area (Å²) in [5.74, 6) is 2.01. The Kier molecular flexibility index (Phi) is 1.66. The molecule has 0 spiro atoms. The Balaban J connectivity index is 2.08. The first-order valence-corrected chi connectivity index (χ1v) is 4.15. The van der Waals surface area contributed by atoms with Crippen molar-refractivity contribution in [3.05, 3.63) is 18.4 Å². The molecule has 1 nitrogen and oxygen atoms in total. The fourth-order valence-corrected chi connectivity index (χ4v) is 1.77. The molecular weight excluding hydrogens is 124 g/mol. The molecule has 0 bridgehead atoms. The predicted octanol–water partition coefficient (Wildman–Crippen LogP) is 2.64. The van der Waals surface area contributed by atoms with Crippen molar-refractivity contribution in [2.24, 2.45) is 5.92 Å². The van der Waals surface area contributed by atoms with E-state index in [9.17, 15) is 0 Å². The van der Waals surface area contributed by atoms with E-state index in [0.29, 0.717) is 0 Å². The van der Waals surface area contributed by atoms with Crippen LogP contribution >= 0.6 is 0 Å². The van der Waals surface area contributed by atoms with Crippen molar-refractivity contribution in [3.8, 4) is 0 Å². The molecule has 0 saturated carbocycles. The smallest absolute Gasteiger partial charge is 0.135 e. The van der Waals surface area contributed by atoms with Gasteiger partial charge in [0.1, 0.15) is 6.61 Å². The Morgan fingerprint density at radius 1 is 1.30 bits per heavy atom. The fraction of sp³-hybridized carbons (Fsp3) is 0.667. The summed E-state index contributed by atoms with van der Waals surface area (Å²) >= 11 is 0. The lowest BCUT2D eigenvalue weighted by Gasteiger charge is -2.28.